The lowest BCUT2D eigenvalue weighted by atomic mass is 10.1. The largest absolute Gasteiger partial charge is 0.382 e. The molecule has 0 aliphatic carbocycles. The van der Waals surface area contributed by atoms with E-state index in [2.05, 4.69) is 10.5 Å². The van der Waals surface area contributed by atoms with Crippen LogP contribution in [0.5, 0.6) is 0 Å². The van der Waals surface area contributed by atoms with Crippen molar-refractivity contribution in [1.29, 1.82) is 10.7 Å². The van der Waals surface area contributed by atoms with E-state index in [0.29, 0.717) is 11.3 Å². The Kier molecular flexibility index (Phi) is 5.26. The summed E-state index contributed by atoms with van der Waals surface area (Å²) in [6.45, 7) is 0. The molecule has 120 valence electrons. The Hall–Kier alpha value is -3.66. The van der Waals surface area contributed by atoms with Crippen molar-refractivity contribution in [3.8, 4) is 6.07 Å². The molecule has 0 saturated heterocycles. The van der Waals surface area contributed by atoms with Gasteiger partial charge in [-0.15, -0.1) is 0 Å². The minimum absolute atomic E-state index is 0.141. The second-order valence-electron chi connectivity index (χ2n) is 4.87. The van der Waals surface area contributed by atoms with Gasteiger partial charge in [0, 0.05) is 18.3 Å². The highest BCUT2D eigenvalue weighted by Gasteiger charge is 2.12. The topological polar surface area (TPSA) is 118 Å². The number of nitrogens with two attached hydrogens (primary N) is 1. The third-order valence-corrected chi connectivity index (χ3v) is 3.24. The summed E-state index contributed by atoms with van der Waals surface area (Å²) >= 11 is 0. The monoisotopic (exact) mass is 320 g/mol. The van der Waals surface area contributed by atoms with E-state index < -0.39 is 5.84 Å². The first kappa shape index (κ1) is 16.7. The van der Waals surface area contributed by atoms with E-state index in [0.717, 1.165) is 5.69 Å². The number of rotatable bonds is 5. The van der Waals surface area contributed by atoms with Crippen LogP contribution in [0, 0.1) is 16.7 Å². The number of hydrogen-bond donors (Lipinski definition) is 3. The molecule has 0 aromatic heterocycles. The number of hydrazone groups is 1. The van der Waals surface area contributed by atoms with Gasteiger partial charge in [-0.3, -0.25) is 15.6 Å². The molecule has 24 heavy (non-hydrogen) atoms. The summed E-state index contributed by atoms with van der Waals surface area (Å²) in [5.74, 6) is -0.556. The van der Waals surface area contributed by atoms with Crippen LogP contribution in [0.1, 0.15) is 10.4 Å². The van der Waals surface area contributed by atoms with Crippen molar-refractivity contribution in [3.05, 3.63) is 60.2 Å². The van der Waals surface area contributed by atoms with Gasteiger partial charge in [-0.05, 0) is 36.4 Å². The first-order valence-corrected chi connectivity index (χ1v) is 7.04. The molecule has 0 radical (unpaired) electrons. The molecule has 2 rings (SSSR count). The van der Waals surface area contributed by atoms with Gasteiger partial charge in [-0.2, -0.15) is 10.4 Å². The number of hydrogen-bond acceptors (Lipinski definition) is 5. The summed E-state index contributed by atoms with van der Waals surface area (Å²) in [7, 11) is 1.71. The Morgan fingerprint density at radius 3 is 2.38 bits per heavy atom. The lowest BCUT2D eigenvalue weighted by molar-refractivity contribution is 0.0993. The molecule has 2 aromatic rings. The zero-order valence-corrected chi connectivity index (χ0v) is 13.0. The quantitative estimate of drug-likeness (QED) is 0.444. The van der Waals surface area contributed by atoms with Crippen LogP contribution >= 0.6 is 0 Å². The summed E-state index contributed by atoms with van der Waals surface area (Å²) in [5, 5.41) is 19.7. The Morgan fingerprint density at radius 1 is 1.21 bits per heavy atom. The minimum Gasteiger partial charge on any atom is -0.382 e. The molecule has 7 heteroatoms. The van der Waals surface area contributed by atoms with Crippen LogP contribution in [0.3, 0.4) is 0 Å². The standard InChI is InChI=1S/C17H16N6O/c1-23(14-5-3-2-4-6-14)17(24)12-7-9-13(10-8-12)21-22-15(11-18)16(19)20/h2-10,21H,1H3,(H3,19,20)/b22-15+. The maximum absolute atomic E-state index is 12.4. The van der Waals surface area contributed by atoms with E-state index in [4.69, 9.17) is 16.4 Å². The van der Waals surface area contributed by atoms with Crippen molar-refractivity contribution in [2.24, 2.45) is 10.8 Å². The van der Waals surface area contributed by atoms with Crippen molar-refractivity contribution in [2.45, 2.75) is 0 Å². The number of anilines is 2. The fourth-order valence-corrected chi connectivity index (χ4v) is 1.92. The highest BCUT2D eigenvalue weighted by molar-refractivity contribution is 6.45. The molecule has 0 unspecified atom stereocenters. The number of benzene rings is 2. The number of nitrogens with zero attached hydrogens (tertiary/aromatic N) is 3. The number of carbonyl (C=O) groups excluding carboxylic acids is 1. The van der Waals surface area contributed by atoms with Crippen LogP contribution < -0.4 is 16.1 Å². The van der Waals surface area contributed by atoms with Gasteiger partial charge >= 0.3 is 0 Å². The van der Waals surface area contributed by atoms with Crippen LogP contribution in [0.4, 0.5) is 11.4 Å². The van der Waals surface area contributed by atoms with Gasteiger partial charge in [-0.25, -0.2) is 0 Å². The number of nitrogens with one attached hydrogen (secondary N) is 2. The van der Waals surface area contributed by atoms with E-state index in [-0.39, 0.29) is 11.6 Å². The fraction of sp³-hybridized carbons (Fsp3) is 0.0588. The second kappa shape index (κ2) is 7.56. The zero-order chi connectivity index (χ0) is 17.5. The van der Waals surface area contributed by atoms with Gasteiger partial charge in [0.15, 0.2) is 5.84 Å². The Bertz CT molecular complexity index is 805. The van der Waals surface area contributed by atoms with Gasteiger partial charge in [0.2, 0.25) is 5.71 Å². The Morgan fingerprint density at radius 2 is 1.83 bits per heavy atom. The van der Waals surface area contributed by atoms with E-state index in [9.17, 15) is 4.79 Å². The molecule has 2 aromatic carbocycles. The molecule has 0 atom stereocenters. The van der Waals surface area contributed by atoms with Gasteiger partial charge < -0.3 is 10.6 Å². The number of para-hydroxylation sites is 1. The molecule has 4 N–H and O–H groups in total. The highest BCUT2D eigenvalue weighted by Crippen LogP contribution is 2.16. The van der Waals surface area contributed by atoms with Crippen LogP contribution in [0.15, 0.2) is 59.7 Å². The van der Waals surface area contributed by atoms with Crippen LogP contribution in [0.25, 0.3) is 0 Å². The molecule has 0 saturated carbocycles. The van der Waals surface area contributed by atoms with Gasteiger partial charge in [0.05, 0.1) is 5.69 Å². The Balaban J connectivity index is 2.11. The first-order valence-electron chi connectivity index (χ1n) is 7.04. The summed E-state index contributed by atoms with van der Waals surface area (Å²) in [5.41, 5.74) is 9.51. The van der Waals surface area contributed by atoms with Crippen molar-refractivity contribution < 1.29 is 4.79 Å². The predicted molar refractivity (Wildman–Crippen MR) is 94.2 cm³/mol. The molecule has 0 aliphatic rings. The Labute approximate surface area is 139 Å². The van der Waals surface area contributed by atoms with Crippen molar-refractivity contribution >= 4 is 28.8 Å². The van der Waals surface area contributed by atoms with E-state index >= 15 is 0 Å². The fourth-order valence-electron chi connectivity index (χ4n) is 1.92. The van der Waals surface area contributed by atoms with Gasteiger partial charge in [0.1, 0.15) is 6.07 Å². The van der Waals surface area contributed by atoms with Crippen molar-refractivity contribution in [2.75, 3.05) is 17.4 Å². The third kappa shape index (κ3) is 3.96. The average molecular weight is 320 g/mol. The molecule has 0 spiro atoms. The van der Waals surface area contributed by atoms with Gasteiger partial charge in [-0.1, -0.05) is 18.2 Å². The van der Waals surface area contributed by atoms with Crippen LogP contribution in [-0.2, 0) is 0 Å². The predicted octanol–water partition coefficient (Wildman–Crippen LogP) is 2.19. The smallest absolute Gasteiger partial charge is 0.258 e. The molecule has 0 aliphatic heterocycles. The molecule has 7 nitrogen and oxygen atoms in total. The minimum atomic E-state index is -0.415. The zero-order valence-electron chi connectivity index (χ0n) is 13.0. The average Bonchev–Trinajstić information content (AvgIpc) is 2.62. The highest BCUT2D eigenvalue weighted by atomic mass is 16.2. The molecule has 1 amide bonds. The SMILES string of the molecule is CN(C(=O)c1ccc(N/N=C(\C#N)C(=N)N)cc1)c1ccccc1. The van der Waals surface area contributed by atoms with Crippen molar-refractivity contribution in [3.63, 3.8) is 0 Å². The van der Waals surface area contributed by atoms with E-state index in [1.807, 2.05) is 30.3 Å². The first-order chi connectivity index (χ1) is 11.5. The number of amides is 1. The molecular formula is C17H16N6O. The summed E-state index contributed by atoms with van der Waals surface area (Å²) in [4.78, 5) is 14.0. The van der Waals surface area contributed by atoms with Crippen LogP contribution in [-0.4, -0.2) is 24.5 Å². The number of nitriles is 1. The molecular weight excluding hydrogens is 304 g/mol. The number of amidine groups is 1. The van der Waals surface area contributed by atoms with Crippen LogP contribution in [0.2, 0.25) is 0 Å². The third-order valence-electron chi connectivity index (χ3n) is 3.24. The van der Waals surface area contributed by atoms with Crippen molar-refractivity contribution in [1.82, 2.24) is 0 Å². The summed E-state index contributed by atoms with van der Waals surface area (Å²) in [6, 6.07) is 17.7. The summed E-state index contributed by atoms with van der Waals surface area (Å²) in [6.07, 6.45) is 0. The maximum Gasteiger partial charge on any atom is 0.258 e. The maximum atomic E-state index is 12.4. The molecule has 0 bridgehead atoms. The lowest BCUT2D eigenvalue weighted by Crippen LogP contribution is -2.26. The lowest BCUT2D eigenvalue weighted by Gasteiger charge is -2.17. The van der Waals surface area contributed by atoms with E-state index in [1.165, 1.54) is 0 Å². The molecule has 0 fully saturated rings. The summed E-state index contributed by atoms with van der Waals surface area (Å²) < 4.78 is 0. The normalized spacial score (nSPS) is 10.6. The second-order valence-corrected chi connectivity index (χ2v) is 4.87. The van der Waals surface area contributed by atoms with Gasteiger partial charge in [0.25, 0.3) is 5.91 Å². The molecule has 0 heterocycles. The number of carbonyl (C=O) groups is 1. The van der Waals surface area contributed by atoms with E-state index in [1.54, 1.807) is 42.3 Å².